The van der Waals surface area contributed by atoms with Crippen molar-refractivity contribution in [3.63, 3.8) is 0 Å². The Labute approximate surface area is 163 Å². The van der Waals surface area contributed by atoms with Crippen molar-refractivity contribution >= 4 is 11.9 Å². The summed E-state index contributed by atoms with van der Waals surface area (Å²) in [5, 5.41) is 0. The monoisotopic (exact) mass is 378 g/mol. The van der Waals surface area contributed by atoms with Gasteiger partial charge in [-0.3, -0.25) is 4.74 Å². The van der Waals surface area contributed by atoms with Crippen LogP contribution in [-0.4, -0.2) is 23.5 Å². The second-order valence-electron chi connectivity index (χ2n) is 8.57. The first-order valence-corrected chi connectivity index (χ1v) is 10.1. The highest BCUT2D eigenvalue weighted by Gasteiger charge is 2.52. The van der Waals surface area contributed by atoms with Crippen molar-refractivity contribution in [3.8, 4) is 0 Å². The van der Waals surface area contributed by atoms with E-state index >= 15 is 0 Å². The lowest BCUT2D eigenvalue weighted by Crippen LogP contribution is -2.54. The Morgan fingerprint density at radius 1 is 0.778 bits per heavy atom. The average Bonchev–Trinajstić information content (AvgIpc) is 2.61. The first kappa shape index (κ1) is 21.7. The van der Waals surface area contributed by atoms with Gasteiger partial charge in [0.25, 0.3) is 0 Å². The number of ether oxygens (including phenoxy) is 3. The van der Waals surface area contributed by atoms with Gasteiger partial charge in [-0.1, -0.05) is 40.9 Å². The van der Waals surface area contributed by atoms with Crippen molar-refractivity contribution in [1.29, 1.82) is 0 Å². The van der Waals surface area contributed by atoms with Crippen LogP contribution in [0.2, 0.25) is 0 Å². The molecule has 0 amide bonds. The summed E-state index contributed by atoms with van der Waals surface area (Å²) in [6, 6.07) is 0. The smallest absolute Gasteiger partial charge is 0.332 e. The number of hydrogen-bond acceptors (Lipinski definition) is 5. The van der Waals surface area contributed by atoms with Gasteiger partial charge in [0, 0.05) is 37.8 Å². The van der Waals surface area contributed by atoms with Gasteiger partial charge in [-0.15, -0.1) is 0 Å². The van der Waals surface area contributed by atoms with E-state index in [1.807, 2.05) is 0 Å². The second-order valence-corrected chi connectivity index (χ2v) is 8.57. The normalized spacial score (nSPS) is 39.3. The minimum atomic E-state index is -1.10. The predicted molar refractivity (Wildman–Crippen MR) is 103 cm³/mol. The molecule has 0 N–H and O–H groups in total. The number of hydrogen-bond donors (Lipinski definition) is 0. The summed E-state index contributed by atoms with van der Waals surface area (Å²) in [7, 11) is 0. The molecule has 6 unspecified atom stereocenters. The molecule has 0 aromatic heterocycles. The molecule has 27 heavy (non-hydrogen) atoms. The largest absolute Gasteiger partial charge is 0.430 e. The highest BCUT2D eigenvalue weighted by Crippen LogP contribution is 2.47. The molecule has 2 aliphatic rings. The Morgan fingerprint density at radius 3 is 1.44 bits per heavy atom. The maximum absolute atomic E-state index is 12.1. The van der Waals surface area contributed by atoms with Gasteiger partial charge in [0.1, 0.15) is 0 Å². The number of rotatable bonds is 6. The zero-order chi connectivity index (χ0) is 20.2. The molecule has 2 aliphatic carbocycles. The maximum Gasteiger partial charge on any atom is 0.332 e. The summed E-state index contributed by atoms with van der Waals surface area (Å²) in [6.07, 6.45) is 6.37. The molecule has 2 saturated carbocycles. The summed E-state index contributed by atoms with van der Waals surface area (Å²) >= 11 is 0. The summed E-state index contributed by atoms with van der Waals surface area (Å²) in [6.45, 7) is 15.7. The van der Waals surface area contributed by atoms with E-state index in [4.69, 9.17) is 14.2 Å². The highest BCUT2D eigenvalue weighted by molar-refractivity contribution is 5.82. The van der Waals surface area contributed by atoms with Crippen LogP contribution >= 0.6 is 0 Å². The van der Waals surface area contributed by atoms with Gasteiger partial charge in [0.05, 0.1) is 0 Å². The van der Waals surface area contributed by atoms with Gasteiger partial charge in [0.15, 0.2) is 0 Å². The lowest BCUT2D eigenvalue weighted by molar-refractivity contribution is -0.360. The van der Waals surface area contributed by atoms with Crippen LogP contribution in [0, 0.1) is 23.7 Å². The molecule has 0 heterocycles. The summed E-state index contributed by atoms with van der Waals surface area (Å²) in [5.74, 6) is -1.55. The van der Waals surface area contributed by atoms with E-state index in [2.05, 4.69) is 40.9 Å². The third-order valence-electron chi connectivity index (χ3n) is 6.45. The van der Waals surface area contributed by atoms with Gasteiger partial charge in [0.2, 0.25) is 11.6 Å². The van der Waals surface area contributed by atoms with E-state index in [9.17, 15) is 9.59 Å². The third-order valence-corrected chi connectivity index (χ3v) is 6.45. The third kappa shape index (κ3) is 5.22. The highest BCUT2D eigenvalue weighted by atomic mass is 16.8. The van der Waals surface area contributed by atoms with Crippen LogP contribution in [-0.2, 0) is 23.8 Å². The van der Waals surface area contributed by atoms with Crippen LogP contribution in [0.4, 0.5) is 0 Å². The minimum Gasteiger partial charge on any atom is -0.430 e. The lowest BCUT2D eigenvalue weighted by Gasteiger charge is -2.49. The Hall–Kier alpha value is -1.62. The predicted octanol–water partition coefficient (Wildman–Crippen LogP) is 4.77. The first-order valence-electron chi connectivity index (χ1n) is 10.1. The fraction of sp³-hybridized carbons (Fsp3) is 0.727. The number of carbonyl (C=O) groups excluding carboxylic acids is 2. The Kier molecular flexibility index (Phi) is 6.90. The molecule has 0 aliphatic heterocycles. The Balaban J connectivity index is 2.34. The molecule has 0 spiro atoms. The van der Waals surface area contributed by atoms with E-state index in [0.717, 1.165) is 25.0 Å². The molecular weight excluding hydrogens is 344 g/mol. The summed E-state index contributed by atoms with van der Waals surface area (Å²) in [5.41, 5.74) is 0. The van der Waals surface area contributed by atoms with Gasteiger partial charge >= 0.3 is 11.9 Å². The molecule has 2 rings (SSSR count). The zero-order valence-electron chi connectivity index (χ0n) is 17.2. The zero-order valence-corrected chi connectivity index (χ0v) is 17.2. The summed E-state index contributed by atoms with van der Waals surface area (Å²) in [4.78, 5) is 24.1. The topological polar surface area (TPSA) is 61.8 Å². The lowest BCUT2D eigenvalue weighted by atomic mass is 9.76. The second kappa shape index (κ2) is 8.59. The quantitative estimate of drug-likeness (QED) is 0.379. The van der Waals surface area contributed by atoms with Gasteiger partial charge in [-0.2, -0.15) is 0 Å². The Bertz CT molecular complexity index is 535. The van der Waals surface area contributed by atoms with Crippen molar-refractivity contribution < 1.29 is 23.8 Å². The van der Waals surface area contributed by atoms with Crippen molar-refractivity contribution in [2.75, 3.05) is 0 Å². The standard InChI is InChI=1S/C22H34O5/c1-7-19(23)25-21(11-9-15(3)17(5)13-21)27-22(26-20(24)8-2)12-10-16(4)18(6)14-22/h7-8,15-18H,1-2,9-14H2,3-6H3. The van der Waals surface area contributed by atoms with Crippen LogP contribution in [0.5, 0.6) is 0 Å². The van der Waals surface area contributed by atoms with Crippen molar-refractivity contribution in [2.45, 2.75) is 77.8 Å². The van der Waals surface area contributed by atoms with Gasteiger partial charge in [-0.25, -0.2) is 9.59 Å². The number of carbonyl (C=O) groups is 2. The van der Waals surface area contributed by atoms with Crippen molar-refractivity contribution in [3.05, 3.63) is 25.3 Å². The van der Waals surface area contributed by atoms with Crippen LogP contribution in [0.1, 0.15) is 66.2 Å². The maximum atomic E-state index is 12.1. The van der Waals surface area contributed by atoms with E-state index in [-0.39, 0.29) is 0 Å². The molecule has 0 radical (unpaired) electrons. The van der Waals surface area contributed by atoms with E-state index in [0.29, 0.717) is 49.4 Å². The molecule has 5 nitrogen and oxygen atoms in total. The van der Waals surface area contributed by atoms with Crippen molar-refractivity contribution in [2.24, 2.45) is 23.7 Å². The van der Waals surface area contributed by atoms with Gasteiger partial charge in [-0.05, 0) is 36.5 Å². The average molecular weight is 379 g/mol. The SMILES string of the molecule is C=CC(=O)OC1(OC2(OC(=O)C=C)CCC(C)C(C)C2)CCC(C)C(C)C1. The van der Waals surface area contributed by atoms with Crippen LogP contribution in [0.25, 0.3) is 0 Å². The molecule has 0 saturated heterocycles. The molecule has 2 fully saturated rings. The Morgan fingerprint density at radius 2 is 1.15 bits per heavy atom. The van der Waals surface area contributed by atoms with E-state index in [1.54, 1.807) is 0 Å². The number of esters is 2. The molecule has 0 aromatic carbocycles. The minimum absolute atomic E-state index is 0.323. The molecule has 0 bridgehead atoms. The molecule has 5 heteroatoms. The molecule has 152 valence electrons. The van der Waals surface area contributed by atoms with E-state index in [1.165, 1.54) is 0 Å². The van der Waals surface area contributed by atoms with Gasteiger partial charge < -0.3 is 9.47 Å². The molecule has 0 aromatic rings. The van der Waals surface area contributed by atoms with E-state index < -0.39 is 23.5 Å². The van der Waals surface area contributed by atoms with Crippen LogP contribution < -0.4 is 0 Å². The van der Waals surface area contributed by atoms with Crippen molar-refractivity contribution in [1.82, 2.24) is 0 Å². The summed E-state index contributed by atoms with van der Waals surface area (Å²) < 4.78 is 18.0. The van der Waals surface area contributed by atoms with Crippen LogP contribution in [0.15, 0.2) is 25.3 Å². The molecular formula is C22H34O5. The fourth-order valence-electron chi connectivity index (χ4n) is 4.25. The molecule has 6 atom stereocenters. The van der Waals surface area contributed by atoms with Crippen LogP contribution in [0.3, 0.4) is 0 Å². The first-order chi connectivity index (χ1) is 12.6. The fourth-order valence-corrected chi connectivity index (χ4v) is 4.25.